The number of benzene rings is 2. The van der Waals surface area contributed by atoms with Crippen LogP contribution in [0.2, 0.25) is 5.02 Å². The Labute approximate surface area is 208 Å². The number of amides is 1. The fraction of sp³-hybridized carbons (Fsp3) is 0.385. The maximum atomic E-state index is 14.2. The lowest BCUT2D eigenvalue weighted by Crippen LogP contribution is -2.49. The Kier molecular flexibility index (Phi) is 7.72. The zero-order valence-corrected chi connectivity index (χ0v) is 20.7. The summed E-state index contributed by atoms with van der Waals surface area (Å²) in [7, 11) is 3.94. The van der Waals surface area contributed by atoms with Crippen molar-refractivity contribution in [3.8, 4) is 0 Å². The molecule has 0 aliphatic carbocycles. The van der Waals surface area contributed by atoms with Gasteiger partial charge in [-0.1, -0.05) is 17.7 Å². The molecule has 0 bridgehead atoms. The van der Waals surface area contributed by atoms with Gasteiger partial charge in [-0.25, -0.2) is 8.78 Å². The first-order valence-electron chi connectivity index (χ1n) is 11.7. The number of anilines is 1. The lowest BCUT2D eigenvalue weighted by atomic mass is 10.1. The molecule has 0 spiro atoms. The summed E-state index contributed by atoms with van der Waals surface area (Å²) in [6, 6.07) is 8.85. The Balaban J connectivity index is 1.49. The third-order valence-corrected chi connectivity index (χ3v) is 6.53. The fourth-order valence-electron chi connectivity index (χ4n) is 4.49. The molecule has 1 aromatic heterocycles. The summed E-state index contributed by atoms with van der Waals surface area (Å²) >= 11 is 6.22. The Morgan fingerprint density at radius 2 is 1.77 bits per heavy atom. The molecule has 186 valence electrons. The van der Waals surface area contributed by atoms with Gasteiger partial charge in [0.15, 0.2) is 5.78 Å². The molecule has 1 saturated heterocycles. The van der Waals surface area contributed by atoms with Crippen LogP contribution in [0.1, 0.15) is 23.2 Å². The van der Waals surface area contributed by atoms with E-state index in [0.29, 0.717) is 48.9 Å². The van der Waals surface area contributed by atoms with E-state index in [-0.39, 0.29) is 18.2 Å². The van der Waals surface area contributed by atoms with Crippen LogP contribution in [0.25, 0.3) is 10.9 Å². The first kappa shape index (κ1) is 25.1. The summed E-state index contributed by atoms with van der Waals surface area (Å²) in [6.07, 6.45) is 2.97. The van der Waals surface area contributed by atoms with Crippen molar-refractivity contribution < 1.29 is 18.4 Å². The number of ketones is 1. The molecule has 0 atom stereocenters. The highest BCUT2D eigenvalue weighted by atomic mass is 35.5. The van der Waals surface area contributed by atoms with Gasteiger partial charge in [0.1, 0.15) is 11.6 Å². The van der Waals surface area contributed by atoms with Crippen molar-refractivity contribution in [2.75, 3.05) is 51.7 Å². The van der Waals surface area contributed by atoms with Gasteiger partial charge in [0, 0.05) is 55.3 Å². The second kappa shape index (κ2) is 10.7. The fourth-order valence-corrected chi connectivity index (χ4v) is 4.65. The first-order valence-corrected chi connectivity index (χ1v) is 12.0. The molecule has 9 heteroatoms. The third-order valence-electron chi connectivity index (χ3n) is 6.30. The molecule has 4 rings (SSSR count). The molecule has 0 radical (unpaired) electrons. The predicted molar refractivity (Wildman–Crippen MR) is 134 cm³/mol. The monoisotopic (exact) mass is 502 g/mol. The van der Waals surface area contributed by atoms with E-state index in [1.807, 2.05) is 30.0 Å². The molecular formula is C26H29ClF2N4O2. The molecule has 6 nitrogen and oxygen atoms in total. The van der Waals surface area contributed by atoms with Gasteiger partial charge in [-0.15, -0.1) is 0 Å². The number of rotatable bonds is 8. The van der Waals surface area contributed by atoms with Gasteiger partial charge in [-0.2, -0.15) is 0 Å². The van der Waals surface area contributed by atoms with Gasteiger partial charge in [0.25, 0.3) is 5.91 Å². The van der Waals surface area contributed by atoms with Gasteiger partial charge in [0.05, 0.1) is 23.3 Å². The molecule has 1 aliphatic rings. The topological polar surface area (TPSA) is 48.8 Å². The molecule has 0 unspecified atom stereocenters. The minimum Gasteiger partial charge on any atom is -0.366 e. The van der Waals surface area contributed by atoms with Crippen molar-refractivity contribution in [1.82, 2.24) is 14.4 Å². The van der Waals surface area contributed by atoms with E-state index in [1.165, 1.54) is 12.1 Å². The zero-order chi connectivity index (χ0) is 25.1. The van der Waals surface area contributed by atoms with E-state index in [2.05, 4.69) is 0 Å². The second-order valence-corrected chi connectivity index (χ2v) is 9.59. The third kappa shape index (κ3) is 5.82. The molecule has 2 heterocycles. The van der Waals surface area contributed by atoms with Crippen molar-refractivity contribution >= 4 is 39.9 Å². The minimum atomic E-state index is -0.618. The largest absolute Gasteiger partial charge is 0.366 e. The number of halogens is 3. The lowest BCUT2D eigenvalue weighted by Gasteiger charge is -2.36. The highest BCUT2D eigenvalue weighted by molar-refractivity contribution is 6.31. The number of Topliss-reactive ketones (excluding diaryl/α,β-unsaturated/α-hetero) is 1. The molecule has 1 amide bonds. The van der Waals surface area contributed by atoms with Crippen molar-refractivity contribution in [2.24, 2.45) is 0 Å². The number of nitrogens with zero attached hydrogens (tertiary/aromatic N) is 4. The number of fused-ring (bicyclic) bond motifs is 1. The number of carbonyl (C=O) groups is 2. The van der Waals surface area contributed by atoms with Crippen LogP contribution in [0.3, 0.4) is 0 Å². The molecular weight excluding hydrogens is 474 g/mol. The molecule has 1 aliphatic heterocycles. The van der Waals surface area contributed by atoms with E-state index in [1.54, 1.807) is 27.8 Å². The predicted octanol–water partition coefficient (Wildman–Crippen LogP) is 4.45. The molecule has 3 aromatic rings. The Hall–Kier alpha value is -2.97. The molecule has 0 saturated carbocycles. The summed E-state index contributed by atoms with van der Waals surface area (Å²) in [6.45, 7) is 2.68. The van der Waals surface area contributed by atoms with Crippen LogP contribution in [-0.2, 0) is 11.3 Å². The van der Waals surface area contributed by atoms with Gasteiger partial charge >= 0.3 is 0 Å². The van der Waals surface area contributed by atoms with Gasteiger partial charge < -0.3 is 19.3 Å². The quantitative estimate of drug-likeness (QED) is 0.457. The summed E-state index contributed by atoms with van der Waals surface area (Å²) in [4.78, 5) is 31.6. The molecule has 35 heavy (non-hydrogen) atoms. The summed E-state index contributed by atoms with van der Waals surface area (Å²) in [5, 5.41) is 1.28. The van der Waals surface area contributed by atoms with Crippen LogP contribution in [0, 0.1) is 11.6 Å². The average molecular weight is 503 g/mol. The van der Waals surface area contributed by atoms with Gasteiger partial charge in [0.2, 0.25) is 0 Å². The summed E-state index contributed by atoms with van der Waals surface area (Å²) in [5.74, 6) is -1.28. The molecule has 1 fully saturated rings. The standard InChI is InChI=1S/C26H29ClF2N4O2/c1-30(2)9-3-4-20(34)16-33-17-22(21-7-5-18(27)14-25(21)33)26(35)32-12-10-31(11-13-32)24-8-6-19(28)15-23(24)29/h5-8,14-15,17H,3-4,9-13,16H2,1-2H3. The summed E-state index contributed by atoms with van der Waals surface area (Å²) < 4.78 is 29.2. The summed E-state index contributed by atoms with van der Waals surface area (Å²) in [5.41, 5.74) is 1.59. The average Bonchev–Trinajstić information content (AvgIpc) is 3.16. The van der Waals surface area contributed by atoms with Crippen LogP contribution in [0.4, 0.5) is 14.5 Å². The number of hydrogen-bond acceptors (Lipinski definition) is 4. The van der Waals surface area contributed by atoms with Crippen molar-refractivity contribution in [1.29, 1.82) is 0 Å². The van der Waals surface area contributed by atoms with Crippen LogP contribution in [-0.4, -0.2) is 72.9 Å². The molecule has 0 N–H and O–H groups in total. The van der Waals surface area contributed by atoms with Crippen molar-refractivity contribution in [3.63, 3.8) is 0 Å². The van der Waals surface area contributed by atoms with E-state index in [0.717, 1.165) is 29.9 Å². The smallest absolute Gasteiger partial charge is 0.256 e. The Bertz CT molecular complexity index is 1240. The zero-order valence-electron chi connectivity index (χ0n) is 19.9. The maximum absolute atomic E-state index is 14.2. The van der Waals surface area contributed by atoms with Gasteiger partial charge in [-0.3, -0.25) is 9.59 Å². The maximum Gasteiger partial charge on any atom is 0.256 e. The Morgan fingerprint density at radius 3 is 2.46 bits per heavy atom. The molecule has 2 aromatic carbocycles. The van der Waals surface area contributed by atoms with E-state index in [9.17, 15) is 18.4 Å². The van der Waals surface area contributed by atoms with E-state index < -0.39 is 11.6 Å². The highest BCUT2D eigenvalue weighted by Gasteiger charge is 2.26. The minimum absolute atomic E-state index is 0.0951. The van der Waals surface area contributed by atoms with Crippen molar-refractivity contribution in [3.05, 3.63) is 64.8 Å². The van der Waals surface area contributed by atoms with Crippen LogP contribution in [0.5, 0.6) is 0 Å². The first-order chi connectivity index (χ1) is 16.7. The van der Waals surface area contributed by atoms with E-state index >= 15 is 0 Å². The van der Waals surface area contributed by atoms with Crippen LogP contribution >= 0.6 is 11.6 Å². The number of aromatic nitrogens is 1. The number of carbonyl (C=O) groups excluding carboxylic acids is 2. The SMILES string of the molecule is CN(C)CCCC(=O)Cn1cc(C(=O)N2CCN(c3ccc(F)cc3F)CC2)c2ccc(Cl)cc21. The van der Waals surface area contributed by atoms with Crippen molar-refractivity contribution in [2.45, 2.75) is 19.4 Å². The number of hydrogen-bond donors (Lipinski definition) is 0. The van der Waals surface area contributed by atoms with Crippen LogP contribution in [0.15, 0.2) is 42.6 Å². The number of piperazine rings is 1. The Morgan fingerprint density at radius 1 is 1.03 bits per heavy atom. The van der Waals surface area contributed by atoms with E-state index in [4.69, 9.17) is 11.6 Å². The lowest BCUT2D eigenvalue weighted by molar-refractivity contribution is -0.119. The normalized spacial score (nSPS) is 14.2. The van der Waals surface area contributed by atoms with Crippen LogP contribution < -0.4 is 4.90 Å². The highest BCUT2D eigenvalue weighted by Crippen LogP contribution is 2.27. The second-order valence-electron chi connectivity index (χ2n) is 9.15. The van der Waals surface area contributed by atoms with Gasteiger partial charge in [-0.05, 0) is 51.3 Å².